The number of H-pyrrole nitrogens is 1. The van der Waals surface area contributed by atoms with E-state index in [1.165, 1.54) is 0 Å². The number of nitrogens with zero attached hydrogens (tertiary/aromatic N) is 3. The van der Waals surface area contributed by atoms with E-state index in [-0.39, 0.29) is 16.9 Å². The maximum absolute atomic E-state index is 12.1. The van der Waals surface area contributed by atoms with Crippen LogP contribution in [-0.4, -0.2) is 21.4 Å². The third kappa shape index (κ3) is 5.26. The van der Waals surface area contributed by atoms with Crippen molar-refractivity contribution in [3.63, 3.8) is 0 Å². The predicted molar refractivity (Wildman–Crippen MR) is 110 cm³/mol. The second-order valence-corrected chi connectivity index (χ2v) is 7.31. The van der Waals surface area contributed by atoms with Gasteiger partial charge in [-0.25, -0.2) is 5.43 Å². The molecule has 0 aliphatic heterocycles. The number of benzene rings is 2. The smallest absolute Gasteiger partial charge is 0.274 e. The molecule has 2 aromatic carbocycles. The van der Waals surface area contributed by atoms with Gasteiger partial charge in [0, 0.05) is 5.41 Å². The second-order valence-electron chi connectivity index (χ2n) is 7.31. The summed E-state index contributed by atoms with van der Waals surface area (Å²) in [6.45, 7) is 6.24. The van der Waals surface area contributed by atoms with Gasteiger partial charge in [0.25, 0.3) is 5.56 Å². The van der Waals surface area contributed by atoms with Crippen molar-refractivity contribution in [3.8, 4) is 5.75 Å². The molecule has 0 fully saturated rings. The maximum atomic E-state index is 12.1. The number of nitrogens with one attached hydrogen (secondary N) is 2. The maximum Gasteiger partial charge on any atom is 0.274 e. The Hall–Kier alpha value is -3.48. The Kier molecular flexibility index (Phi) is 5.84. The number of rotatable bonds is 6. The minimum absolute atomic E-state index is 0.192. The Labute approximate surface area is 163 Å². The van der Waals surface area contributed by atoms with E-state index in [0.29, 0.717) is 12.3 Å². The van der Waals surface area contributed by atoms with Crippen molar-refractivity contribution in [2.24, 2.45) is 5.10 Å². The first kappa shape index (κ1) is 19.3. The Morgan fingerprint density at radius 3 is 2.43 bits per heavy atom. The molecule has 28 heavy (non-hydrogen) atoms. The number of aromatic nitrogens is 3. The van der Waals surface area contributed by atoms with Crippen molar-refractivity contribution in [2.45, 2.75) is 32.8 Å². The van der Waals surface area contributed by atoms with Gasteiger partial charge in [-0.1, -0.05) is 51.1 Å². The molecule has 3 aromatic rings. The molecule has 0 bridgehead atoms. The summed E-state index contributed by atoms with van der Waals surface area (Å²) in [4.78, 5) is 14.7. The fourth-order valence-corrected chi connectivity index (χ4v) is 2.44. The SMILES string of the molecule is CC(C)(C)c1nnc(N/N=C\c2ccc(OCc3ccccc3)cc2)[nH]c1=O. The summed E-state index contributed by atoms with van der Waals surface area (Å²) in [6.07, 6.45) is 1.62. The van der Waals surface area contributed by atoms with Gasteiger partial charge in [-0.2, -0.15) is 5.10 Å². The van der Waals surface area contributed by atoms with Crippen molar-refractivity contribution >= 4 is 12.2 Å². The highest BCUT2D eigenvalue weighted by molar-refractivity contribution is 5.80. The van der Waals surface area contributed by atoms with Gasteiger partial charge in [0.05, 0.1) is 6.21 Å². The first-order chi connectivity index (χ1) is 13.4. The molecule has 1 aromatic heterocycles. The lowest BCUT2D eigenvalue weighted by molar-refractivity contribution is 0.306. The van der Waals surface area contributed by atoms with Crippen LogP contribution in [0.25, 0.3) is 0 Å². The van der Waals surface area contributed by atoms with E-state index >= 15 is 0 Å². The fraction of sp³-hybridized carbons (Fsp3) is 0.238. The third-order valence-corrected chi connectivity index (χ3v) is 3.92. The van der Waals surface area contributed by atoms with Crippen molar-refractivity contribution in [1.29, 1.82) is 0 Å². The lowest BCUT2D eigenvalue weighted by atomic mass is 9.93. The second kappa shape index (κ2) is 8.47. The van der Waals surface area contributed by atoms with Crippen LogP contribution in [0.15, 0.2) is 64.5 Å². The van der Waals surface area contributed by atoms with Gasteiger partial charge in [0.2, 0.25) is 5.95 Å². The van der Waals surface area contributed by atoms with Crippen LogP contribution < -0.4 is 15.7 Å². The molecule has 0 unspecified atom stereocenters. The van der Waals surface area contributed by atoms with Crippen LogP contribution in [0.3, 0.4) is 0 Å². The van der Waals surface area contributed by atoms with E-state index in [9.17, 15) is 4.79 Å². The molecule has 0 saturated carbocycles. The number of ether oxygens (including phenoxy) is 1. The molecule has 0 spiro atoms. The lowest BCUT2D eigenvalue weighted by Crippen LogP contribution is -2.28. The summed E-state index contributed by atoms with van der Waals surface area (Å²) < 4.78 is 5.75. The Morgan fingerprint density at radius 1 is 1.07 bits per heavy atom. The summed E-state index contributed by atoms with van der Waals surface area (Å²) in [5.74, 6) is 0.971. The van der Waals surface area contributed by atoms with Gasteiger partial charge in [0.1, 0.15) is 18.1 Å². The summed E-state index contributed by atoms with van der Waals surface area (Å²) in [7, 11) is 0. The zero-order valence-electron chi connectivity index (χ0n) is 16.1. The Morgan fingerprint density at radius 2 is 1.79 bits per heavy atom. The Bertz CT molecular complexity index is 990. The lowest BCUT2D eigenvalue weighted by Gasteiger charge is -2.15. The zero-order valence-corrected chi connectivity index (χ0v) is 16.1. The largest absolute Gasteiger partial charge is 0.489 e. The average molecular weight is 377 g/mol. The molecular weight excluding hydrogens is 354 g/mol. The Balaban J connectivity index is 1.56. The fourth-order valence-electron chi connectivity index (χ4n) is 2.44. The number of hydrazone groups is 1. The minimum Gasteiger partial charge on any atom is -0.489 e. The number of aromatic amines is 1. The van der Waals surface area contributed by atoms with Crippen LogP contribution in [0.4, 0.5) is 5.95 Å². The van der Waals surface area contributed by atoms with E-state index in [2.05, 4.69) is 25.7 Å². The van der Waals surface area contributed by atoms with Gasteiger partial charge in [0.15, 0.2) is 0 Å². The van der Waals surface area contributed by atoms with Gasteiger partial charge < -0.3 is 4.74 Å². The van der Waals surface area contributed by atoms with Crippen LogP contribution in [0.1, 0.15) is 37.6 Å². The van der Waals surface area contributed by atoms with Crippen LogP contribution >= 0.6 is 0 Å². The summed E-state index contributed by atoms with van der Waals surface area (Å²) >= 11 is 0. The molecule has 144 valence electrons. The standard InChI is InChI=1S/C21H23N5O2/c1-21(2,3)18-19(27)23-20(26-24-18)25-22-13-15-9-11-17(12-10-15)28-14-16-7-5-4-6-8-16/h4-13H,14H2,1-3H3,(H2,23,25,26,27)/b22-13-. The molecule has 0 atom stereocenters. The average Bonchev–Trinajstić information content (AvgIpc) is 2.67. The van der Waals surface area contributed by atoms with Gasteiger partial charge in [-0.15, -0.1) is 10.2 Å². The van der Waals surface area contributed by atoms with Crippen LogP contribution in [-0.2, 0) is 12.0 Å². The molecule has 7 heteroatoms. The molecule has 7 nitrogen and oxygen atoms in total. The van der Waals surface area contributed by atoms with Crippen molar-refractivity contribution < 1.29 is 4.74 Å². The van der Waals surface area contributed by atoms with Gasteiger partial charge >= 0.3 is 0 Å². The highest BCUT2D eigenvalue weighted by atomic mass is 16.5. The number of hydrogen-bond acceptors (Lipinski definition) is 6. The minimum atomic E-state index is -0.368. The van der Waals surface area contributed by atoms with Crippen LogP contribution in [0.2, 0.25) is 0 Å². The summed E-state index contributed by atoms with van der Waals surface area (Å²) in [6, 6.07) is 17.5. The van der Waals surface area contributed by atoms with Crippen molar-refractivity contribution in [2.75, 3.05) is 5.43 Å². The van der Waals surface area contributed by atoms with Crippen molar-refractivity contribution in [3.05, 3.63) is 81.8 Å². The summed E-state index contributed by atoms with van der Waals surface area (Å²) in [5, 5.41) is 12.0. The van der Waals surface area contributed by atoms with Crippen molar-refractivity contribution in [1.82, 2.24) is 15.2 Å². The van der Waals surface area contributed by atoms with Crippen LogP contribution in [0, 0.1) is 0 Å². The number of hydrogen-bond donors (Lipinski definition) is 2. The topological polar surface area (TPSA) is 92.3 Å². The predicted octanol–water partition coefficient (Wildman–Crippen LogP) is 3.49. The van der Waals surface area contributed by atoms with E-state index < -0.39 is 0 Å². The molecule has 0 saturated heterocycles. The highest BCUT2D eigenvalue weighted by Crippen LogP contribution is 2.15. The normalized spacial score (nSPS) is 11.5. The third-order valence-electron chi connectivity index (χ3n) is 3.92. The highest BCUT2D eigenvalue weighted by Gasteiger charge is 2.20. The van der Waals surface area contributed by atoms with E-state index in [1.54, 1.807) is 6.21 Å². The molecule has 0 amide bonds. The molecular formula is C21H23N5O2. The molecule has 0 aliphatic rings. The monoisotopic (exact) mass is 377 g/mol. The zero-order chi connectivity index (χ0) is 20.0. The van der Waals surface area contributed by atoms with Crippen LogP contribution in [0.5, 0.6) is 5.75 Å². The molecule has 2 N–H and O–H groups in total. The first-order valence-corrected chi connectivity index (χ1v) is 8.95. The van der Waals surface area contributed by atoms with E-state index in [1.807, 2.05) is 75.4 Å². The molecule has 0 radical (unpaired) electrons. The molecule has 0 aliphatic carbocycles. The quantitative estimate of drug-likeness (QED) is 0.507. The summed E-state index contributed by atoms with van der Waals surface area (Å²) in [5.41, 5.74) is 4.41. The molecule has 3 rings (SSSR count). The molecule has 1 heterocycles. The number of anilines is 1. The van der Waals surface area contributed by atoms with E-state index in [4.69, 9.17) is 4.74 Å². The van der Waals surface area contributed by atoms with Gasteiger partial charge in [-0.05, 0) is 35.4 Å². The van der Waals surface area contributed by atoms with E-state index in [0.717, 1.165) is 16.9 Å². The van der Waals surface area contributed by atoms with Gasteiger partial charge in [-0.3, -0.25) is 9.78 Å². The first-order valence-electron chi connectivity index (χ1n) is 8.95.